The van der Waals surface area contributed by atoms with E-state index in [2.05, 4.69) is 12.1 Å². The van der Waals surface area contributed by atoms with Gasteiger partial charge in [-0.2, -0.15) is 0 Å². The molecule has 0 spiro atoms. The number of hydrogen-bond acceptors (Lipinski definition) is 2. The topological polar surface area (TPSA) is 29.5 Å². The lowest BCUT2D eigenvalue weighted by Gasteiger charge is -2.24. The van der Waals surface area contributed by atoms with Crippen molar-refractivity contribution in [1.29, 1.82) is 0 Å². The zero-order chi connectivity index (χ0) is 15.1. The predicted molar refractivity (Wildman–Crippen MR) is 84.0 cm³/mol. The summed E-state index contributed by atoms with van der Waals surface area (Å²) in [7, 11) is 1.78. The van der Waals surface area contributed by atoms with Crippen LogP contribution >= 0.6 is 0 Å². The lowest BCUT2D eigenvalue weighted by atomic mass is 10.1. The molecular weight excluding hydrogens is 262 g/mol. The molecule has 1 amide bonds. The molecular formula is C18H21NO2. The van der Waals surface area contributed by atoms with Gasteiger partial charge in [-0.05, 0) is 24.5 Å². The second-order valence-corrected chi connectivity index (χ2v) is 5.19. The van der Waals surface area contributed by atoms with E-state index in [1.54, 1.807) is 11.9 Å². The van der Waals surface area contributed by atoms with Crippen LogP contribution in [0.15, 0.2) is 60.7 Å². The van der Waals surface area contributed by atoms with E-state index in [-0.39, 0.29) is 12.1 Å². The van der Waals surface area contributed by atoms with Gasteiger partial charge < -0.3 is 9.64 Å². The highest BCUT2D eigenvalue weighted by molar-refractivity contribution is 5.67. The summed E-state index contributed by atoms with van der Waals surface area (Å²) in [4.78, 5) is 13.7. The lowest BCUT2D eigenvalue weighted by molar-refractivity contribution is 0.0935. The Balaban J connectivity index is 1.84. The number of benzene rings is 2. The Bertz CT molecular complexity index is 554. The van der Waals surface area contributed by atoms with Crippen LogP contribution in [0.3, 0.4) is 0 Å². The van der Waals surface area contributed by atoms with E-state index in [1.165, 1.54) is 5.56 Å². The maximum absolute atomic E-state index is 12.1. The molecule has 21 heavy (non-hydrogen) atoms. The van der Waals surface area contributed by atoms with Crippen molar-refractivity contribution in [3.05, 3.63) is 71.8 Å². The average Bonchev–Trinajstić information content (AvgIpc) is 2.53. The van der Waals surface area contributed by atoms with Gasteiger partial charge in [-0.3, -0.25) is 0 Å². The van der Waals surface area contributed by atoms with Gasteiger partial charge in [-0.15, -0.1) is 0 Å². The zero-order valence-electron chi connectivity index (χ0n) is 12.5. The van der Waals surface area contributed by atoms with Gasteiger partial charge in [-0.25, -0.2) is 4.79 Å². The van der Waals surface area contributed by atoms with Crippen molar-refractivity contribution in [2.75, 3.05) is 7.05 Å². The summed E-state index contributed by atoms with van der Waals surface area (Å²) >= 11 is 0. The number of nitrogens with zero attached hydrogens (tertiary/aromatic N) is 1. The molecule has 3 heteroatoms. The van der Waals surface area contributed by atoms with Crippen LogP contribution in [0.1, 0.15) is 18.1 Å². The van der Waals surface area contributed by atoms with Crippen molar-refractivity contribution in [3.8, 4) is 0 Å². The Labute approximate surface area is 126 Å². The zero-order valence-corrected chi connectivity index (χ0v) is 12.5. The van der Waals surface area contributed by atoms with E-state index >= 15 is 0 Å². The number of carbonyl (C=O) groups excluding carboxylic acids is 1. The Morgan fingerprint density at radius 1 is 1.00 bits per heavy atom. The molecule has 3 nitrogen and oxygen atoms in total. The molecule has 0 radical (unpaired) electrons. The lowest BCUT2D eigenvalue weighted by Crippen LogP contribution is -2.36. The fourth-order valence-electron chi connectivity index (χ4n) is 2.09. The van der Waals surface area contributed by atoms with E-state index in [0.717, 1.165) is 12.0 Å². The monoisotopic (exact) mass is 283 g/mol. The third-order valence-corrected chi connectivity index (χ3v) is 3.53. The molecule has 0 saturated carbocycles. The van der Waals surface area contributed by atoms with Crippen LogP contribution < -0.4 is 0 Å². The third kappa shape index (κ3) is 4.63. The summed E-state index contributed by atoms with van der Waals surface area (Å²) in [5.41, 5.74) is 2.21. The fourth-order valence-corrected chi connectivity index (χ4v) is 2.09. The van der Waals surface area contributed by atoms with Gasteiger partial charge in [0.2, 0.25) is 0 Å². The minimum atomic E-state index is -0.290. The number of carbonyl (C=O) groups is 1. The summed E-state index contributed by atoms with van der Waals surface area (Å²) in [5.74, 6) is 0. The second-order valence-electron chi connectivity index (χ2n) is 5.19. The van der Waals surface area contributed by atoms with E-state index in [4.69, 9.17) is 4.74 Å². The minimum Gasteiger partial charge on any atom is -0.445 e. The maximum Gasteiger partial charge on any atom is 0.410 e. The molecule has 0 saturated heterocycles. The first-order chi connectivity index (χ1) is 10.2. The first-order valence-electron chi connectivity index (χ1n) is 7.14. The fraction of sp³-hybridized carbons (Fsp3) is 0.278. The van der Waals surface area contributed by atoms with Crippen molar-refractivity contribution in [2.45, 2.75) is 26.0 Å². The summed E-state index contributed by atoms with van der Waals surface area (Å²) in [6.07, 6.45) is 0.528. The van der Waals surface area contributed by atoms with Crippen LogP contribution in [0.5, 0.6) is 0 Å². The van der Waals surface area contributed by atoms with E-state index < -0.39 is 0 Å². The smallest absolute Gasteiger partial charge is 0.410 e. The normalized spacial score (nSPS) is 11.7. The maximum atomic E-state index is 12.1. The van der Waals surface area contributed by atoms with Gasteiger partial charge in [0.1, 0.15) is 6.61 Å². The first kappa shape index (κ1) is 15.1. The molecule has 0 heterocycles. The average molecular weight is 283 g/mol. The number of rotatable bonds is 5. The molecule has 0 aliphatic carbocycles. The summed E-state index contributed by atoms with van der Waals surface area (Å²) in [6, 6.07) is 19.9. The number of hydrogen-bond donors (Lipinski definition) is 0. The first-order valence-corrected chi connectivity index (χ1v) is 7.14. The largest absolute Gasteiger partial charge is 0.445 e. The van der Waals surface area contributed by atoms with Crippen LogP contribution in [0.25, 0.3) is 0 Å². The Morgan fingerprint density at radius 2 is 1.52 bits per heavy atom. The van der Waals surface area contributed by atoms with E-state index in [9.17, 15) is 4.79 Å². The molecule has 0 bridgehead atoms. The Morgan fingerprint density at radius 3 is 2.10 bits per heavy atom. The summed E-state index contributed by atoms with van der Waals surface area (Å²) in [6.45, 7) is 2.33. The molecule has 1 atom stereocenters. The molecule has 0 fully saturated rings. The molecule has 0 unspecified atom stereocenters. The van der Waals surface area contributed by atoms with Crippen molar-refractivity contribution in [1.82, 2.24) is 4.90 Å². The van der Waals surface area contributed by atoms with Gasteiger partial charge in [0.15, 0.2) is 0 Å². The molecule has 2 aromatic rings. The van der Waals surface area contributed by atoms with Gasteiger partial charge >= 0.3 is 6.09 Å². The summed E-state index contributed by atoms with van der Waals surface area (Å²) < 4.78 is 5.34. The number of amides is 1. The van der Waals surface area contributed by atoms with Crippen molar-refractivity contribution in [2.24, 2.45) is 0 Å². The highest BCUT2D eigenvalue weighted by atomic mass is 16.6. The molecule has 0 aliphatic rings. The number of likely N-dealkylation sites (N-methyl/N-ethyl adjacent to an activating group) is 1. The Hall–Kier alpha value is -2.29. The molecule has 110 valence electrons. The van der Waals surface area contributed by atoms with Gasteiger partial charge in [0.05, 0.1) is 0 Å². The molecule has 0 aromatic heterocycles. The molecule has 0 N–H and O–H groups in total. The third-order valence-electron chi connectivity index (χ3n) is 3.53. The molecule has 0 aliphatic heterocycles. The highest BCUT2D eigenvalue weighted by Crippen LogP contribution is 2.09. The highest BCUT2D eigenvalue weighted by Gasteiger charge is 2.17. The second kappa shape index (κ2) is 7.48. The van der Waals surface area contributed by atoms with Crippen LogP contribution in [-0.2, 0) is 17.8 Å². The van der Waals surface area contributed by atoms with Crippen LogP contribution in [0, 0.1) is 0 Å². The standard InChI is InChI=1S/C18H21NO2/c1-15(13-16-9-5-3-6-10-16)19(2)18(20)21-14-17-11-7-4-8-12-17/h3-12,15H,13-14H2,1-2H3/t15-/m1/s1. The van der Waals surface area contributed by atoms with Gasteiger partial charge in [-0.1, -0.05) is 60.7 Å². The minimum absolute atomic E-state index is 0.0932. The van der Waals surface area contributed by atoms with Crippen LogP contribution in [-0.4, -0.2) is 24.1 Å². The summed E-state index contributed by atoms with van der Waals surface area (Å²) in [5, 5.41) is 0. The van der Waals surface area contributed by atoms with E-state index in [0.29, 0.717) is 6.61 Å². The van der Waals surface area contributed by atoms with Gasteiger partial charge in [0, 0.05) is 13.1 Å². The van der Waals surface area contributed by atoms with Gasteiger partial charge in [0.25, 0.3) is 0 Å². The SMILES string of the molecule is C[C@H](Cc1ccccc1)N(C)C(=O)OCc1ccccc1. The van der Waals surface area contributed by atoms with E-state index in [1.807, 2.05) is 55.5 Å². The number of ether oxygens (including phenoxy) is 1. The van der Waals surface area contributed by atoms with Crippen molar-refractivity contribution < 1.29 is 9.53 Å². The molecule has 2 rings (SSSR count). The van der Waals surface area contributed by atoms with Crippen LogP contribution in [0.2, 0.25) is 0 Å². The molecule has 2 aromatic carbocycles. The Kier molecular flexibility index (Phi) is 5.38. The van der Waals surface area contributed by atoms with Crippen molar-refractivity contribution >= 4 is 6.09 Å². The van der Waals surface area contributed by atoms with Crippen LogP contribution in [0.4, 0.5) is 4.79 Å². The predicted octanol–water partition coefficient (Wildman–Crippen LogP) is 3.89. The quantitative estimate of drug-likeness (QED) is 0.833. The van der Waals surface area contributed by atoms with Crippen molar-refractivity contribution in [3.63, 3.8) is 0 Å².